The van der Waals surface area contributed by atoms with E-state index in [1.165, 1.54) is 5.56 Å². The van der Waals surface area contributed by atoms with Gasteiger partial charge in [0.15, 0.2) is 0 Å². The largest absolute Gasteiger partial charge is 0.308 e. The monoisotopic (exact) mass is 281 g/mol. The van der Waals surface area contributed by atoms with E-state index < -0.39 is 0 Å². The summed E-state index contributed by atoms with van der Waals surface area (Å²) in [6.07, 6.45) is 2.59. The molecule has 0 aliphatic rings. The van der Waals surface area contributed by atoms with E-state index in [1.807, 2.05) is 35.2 Å². The van der Waals surface area contributed by atoms with E-state index in [1.54, 1.807) is 0 Å². The van der Waals surface area contributed by atoms with Gasteiger partial charge in [0.2, 0.25) is 5.91 Å². The van der Waals surface area contributed by atoms with Crippen molar-refractivity contribution in [1.82, 2.24) is 0 Å². The van der Waals surface area contributed by atoms with E-state index in [9.17, 15) is 4.79 Å². The molecule has 2 heteroatoms. The van der Waals surface area contributed by atoms with Crippen molar-refractivity contribution in [2.45, 2.75) is 39.7 Å². The Balaban J connectivity index is 2.21. The van der Waals surface area contributed by atoms with Crippen LogP contribution in [0.15, 0.2) is 54.6 Å². The van der Waals surface area contributed by atoms with Crippen LogP contribution in [0, 0.1) is 6.92 Å². The van der Waals surface area contributed by atoms with Crippen LogP contribution in [0.25, 0.3) is 0 Å². The van der Waals surface area contributed by atoms with Crippen LogP contribution in [0.2, 0.25) is 0 Å². The Labute approximate surface area is 127 Å². The van der Waals surface area contributed by atoms with E-state index >= 15 is 0 Å². The third-order valence-electron chi connectivity index (χ3n) is 3.57. The molecule has 0 saturated heterocycles. The molecule has 110 valence electrons. The van der Waals surface area contributed by atoms with Gasteiger partial charge in [-0.1, -0.05) is 61.4 Å². The van der Waals surface area contributed by atoms with Gasteiger partial charge in [-0.05, 0) is 31.0 Å². The Morgan fingerprint density at radius 2 is 1.67 bits per heavy atom. The maximum Gasteiger partial charge on any atom is 0.227 e. The van der Waals surface area contributed by atoms with Crippen molar-refractivity contribution in [3.63, 3.8) is 0 Å². The number of unbranched alkanes of at least 4 members (excludes halogenated alkanes) is 1. The van der Waals surface area contributed by atoms with Crippen molar-refractivity contribution in [3.05, 3.63) is 65.7 Å². The fourth-order valence-electron chi connectivity index (χ4n) is 2.28. The van der Waals surface area contributed by atoms with Crippen molar-refractivity contribution < 1.29 is 4.79 Å². The minimum atomic E-state index is 0.199. The van der Waals surface area contributed by atoms with Gasteiger partial charge < -0.3 is 4.90 Å². The summed E-state index contributed by atoms with van der Waals surface area (Å²) in [5, 5.41) is 0. The zero-order valence-corrected chi connectivity index (χ0v) is 12.9. The maximum atomic E-state index is 12.5. The number of nitrogens with zero attached hydrogens (tertiary/aromatic N) is 1. The lowest BCUT2D eigenvalue weighted by atomic mass is 10.1. The first-order valence-electron chi connectivity index (χ1n) is 7.61. The lowest BCUT2D eigenvalue weighted by molar-refractivity contribution is -0.118. The number of aryl methyl sites for hydroxylation is 1. The highest BCUT2D eigenvalue weighted by Gasteiger charge is 2.15. The highest BCUT2D eigenvalue weighted by atomic mass is 16.2. The third-order valence-corrected chi connectivity index (χ3v) is 3.57. The van der Waals surface area contributed by atoms with Gasteiger partial charge in [-0.15, -0.1) is 0 Å². The van der Waals surface area contributed by atoms with Gasteiger partial charge in [-0.25, -0.2) is 0 Å². The number of amides is 1. The van der Waals surface area contributed by atoms with Crippen LogP contribution in [0.1, 0.15) is 37.3 Å². The van der Waals surface area contributed by atoms with Gasteiger partial charge in [0, 0.05) is 12.1 Å². The Bertz CT molecular complexity index is 560. The number of hydrogen-bond donors (Lipinski definition) is 0. The van der Waals surface area contributed by atoms with E-state index in [-0.39, 0.29) is 5.91 Å². The average molecular weight is 281 g/mol. The summed E-state index contributed by atoms with van der Waals surface area (Å²) in [6.45, 7) is 4.80. The molecule has 1 amide bonds. The molecule has 21 heavy (non-hydrogen) atoms. The highest BCUT2D eigenvalue weighted by molar-refractivity contribution is 5.93. The molecule has 0 aliphatic heterocycles. The van der Waals surface area contributed by atoms with Crippen molar-refractivity contribution in [2.24, 2.45) is 0 Å². The normalized spacial score (nSPS) is 10.4. The zero-order valence-electron chi connectivity index (χ0n) is 12.9. The summed E-state index contributed by atoms with van der Waals surface area (Å²) in [7, 11) is 0. The number of carbonyl (C=O) groups excluding carboxylic acids is 1. The first-order valence-corrected chi connectivity index (χ1v) is 7.61. The van der Waals surface area contributed by atoms with Gasteiger partial charge in [0.25, 0.3) is 0 Å². The van der Waals surface area contributed by atoms with Crippen LogP contribution < -0.4 is 4.90 Å². The maximum absolute atomic E-state index is 12.5. The molecule has 2 aromatic carbocycles. The lowest BCUT2D eigenvalue weighted by Gasteiger charge is -2.23. The van der Waals surface area contributed by atoms with Crippen LogP contribution in [0.3, 0.4) is 0 Å². The summed E-state index contributed by atoms with van der Waals surface area (Å²) in [6, 6.07) is 18.3. The first-order chi connectivity index (χ1) is 10.2. The fourth-order valence-corrected chi connectivity index (χ4v) is 2.28. The Morgan fingerprint density at radius 3 is 2.29 bits per heavy atom. The number of rotatable bonds is 6. The van der Waals surface area contributed by atoms with Gasteiger partial charge in [-0.2, -0.15) is 0 Å². The second kappa shape index (κ2) is 7.63. The molecule has 0 fully saturated rings. The molecule has 0 N–H and O–H groups in total. The average Bonchev–Trinajstić information content (AvgIpc) is 2.52. The molecule has 0 unspecified atom stereocenters. The molecule has 0 aromatic heterocycles. The summed E-state index contributed by atoms with van der Waals surface area (Å²) < 4.78 is 0. The summed E-state index contributed by atoms with van der Waals surface area (Å²) in [5.74, 6) is 0.199. The molecular weight excluding hydrogens is 258 g/mol. The third kappa shape index (κ3) is 4.45. The predicted octanol–water partition coefficient (Wildman–Crippen LogP) is 4.72. The first kappa shape index (κ1) is 15.3. The minimum Gasteiger partial charge on any atom is -0.308 e. The topological polar surface area (TPSA) is 20.3 Å². The van der Waals surface area contributed by atoms with E-state index in [0.29, 0.717) is 13.0 Å². The molecule has 0 bridgehead atoms. The number of anilines is 1. The minimum absolute atomic E-state index is 0.199. The number of hydrogen-bond acceptors (Lipinski definition) is 1. The second-order valence-electron chi connectivity index (χ2n) is 5.40. The molecule has 2 rings (SSSR count). The fraction of sp³-hybridized carbons (Fsp3) is 0.316. The van der Waals surface area contributed by atoms with Crippen LogP contribution in [-0.4, -0.2) is 5.91 Å². The van der Waals surface area contributed by atoms with Gasteiger partial charge in [-0.3, -0.25) is 4.79 Å². The SMILES string of the molecule is CCCCC(=O)N(Cc1ccccc1)c1ccc(C)cc1. The van der Waals surface area contributed by atoms with E-state index in [0.717, 1.165) is 24.1 Å². The molecule has 0 saturated carbocycles. The lowest BCUT2D eigenvalue weighted by Crippen LogP contribution is -2.30. The molecule has 2 nitrogen and oxygen atoms in total. The van der Waals surface area contributed by atoms with Crippen LogP contribution in [0.4, 0.5) is 5.69 Å². The predicted molar refractivity (Wildman–Crippen MR) is 88.3 cm³/mol. The van der Waals surface area contributed by atoms with Crippen molar-refractivity contribution in [3.8, 4) is 0 Å². The van der Waals surface area contributed by atoms with Crippen molar-refractivity contribution >= 4 is 11.6 Å². The quantitative estimate of drug-likeness (QED) is 0.750. The van der Waals surface area contributed by atoms with Crippen molar-refractivity contribution in [2.75, 3.05) is 4.90 Å². The van der Waals surface area contributed by atoms with E-state index in [4.69, 9.17) is 0 Å². The second-order valence-corrected chi connectivity index (χ2v) is 5.40. The molecule has 2 aromatic rings. The summed E-state index contributed by atoms with van der Waals surface area (Å²) in [5.41, 5.74) is 3.34. The van der Waals surface area contributed by atoms with E-state index in [2.05, 4.69) is 38.1 Å². The molecule has 0 aliphatic carbocycles. The zero-order chi connectivity index (χ0) is 15.1. The van der Waals surface area contributed by atoms with Crippen LogP contribution in [0.5, 0.6) is 0 Å². The summed E-state index contributed by atoms with van der Waals surface area (Å²) >= 11 is 0. The number of carbonyl (C=O) groups is 1. The van der Waals surface area contributed by atoms with Crippen LogP contribution >= 0.6 is 0 Å². The molecule has 0 atom stereocenters. The highest BCUT2D eigenvalue weighted by Crippen LogP contribution is 2.20. The van der Waals surface area contributed by atoms with Gasteiger partial charge in [0.05, 0.1) is 6.54 Å². The Hall–Kier alpha value is -2.09. The Morgan fingerprint density at radius 1 is 1.00 bits per heavy atom. The molecule has 0 radical (unpaired) electrons. The van der Waals surface area contributed by atoms with Gasteiger partial charge >= 0.3 is 0 Å². The standard InChI is InChI=1S/C19H23NO/c1-3-4-10-19(21)20(15-17-8-6-5-7-9-17)18-13-11-16(2)12-14-18/h5-9,11-14H,3-4,10,15H2,1-2H3. The van der Waals surface area contributed by atoms with Crippen LogP contribution in [-0.2, 0) is 11.3 Å². The molecule has 0 spiro atoms. The van der Waals surface area contributed by atoms with Gasteiger partial charge in [0.1, 0.15) is 0 Å². The molecular formula is C19H23NO. The van der Waals surface area contributed by atoms with Crippen molar-refractivity contribution in [1.29, 1.82) is 0 Å². The number of benzene rings is 2. The Kier molecular flexibility index (Phi) is 5.56. The summed E-state index contributed by atoms with van der Waals surface area (Å²) in [4.78, 5) is 14.4. The molecule has 0 heterocycles. The smallest absolute Gasteiger partial charge is 0.227 e.